The molecule has 0 radical (unpaired) electrons. The standard InChI is InChI=1S/C18H23NO4/c1-6-11-22-15-9-7-14(8-10-15)12-16(13(2)20)19-17(21)23-18(3,4)5/h1,7-10,16H,11-12H2,2-5H3,(H,19,21)/t16-/m0/s1. The van der Waals surface area contributed by atoms with Crippen molar-refractivity contribution in [3.63, 3.8) is 0 Å². The molecular weight excluding hydrogens is 294 g/mol. The number of amides is 1. The zero-order valence-electron chi connectivity index (χ0n) is 14.0. The second-order valence-electron chi connectivity index (χ2n) is 6.15. The van der Waals surface area contributed by atoms with Gasteiger partial charge in [0.15, 0.2) is 5.78 Å². The van der Waals surface area contributed by atoms with Gasteiger partial charge in [-0.05, 0) is 51.8 Å². The lowest BCUT2D eigenvalue weighted by Gasteiger charge is -2.22. The second-order valence-corrected chi connectivity index (χ2v) is 6.15. The SMILES string of the molecule is C#CCOc1ccc(C[C@H](NC(=O)OC(C)(C)C)C(C)=O)cc1. The fourth-order valence-electron chi connectivity index (χ4n) is 1.83. The van der Waals surface area contributed by atoms with Gasteiger partial charge in [-0.2, -0.15) is 0 Å². The lowest BCUT2D eigenvalue weighted by molar-refractivity contribution is -0.119. The fraction of sp³-hybridized carbons (Fsp3) is 0.444. The van der Waals surface area contributed by atoms with E-state index in [1.807, 2.05) is 12.1 Å². The van der Waals surface area contributed by atoms with Crippen LogP contribution < -0.4 is 10.1 Å². The Kier molecular flexibility index (Phi) is 6.65. The third-order valence-electron chi connectivity index (χ3n) is 2.87. The maximum atomic E-state index is 11.8. The quantitative estimate of drug-likeness (QED) is 0.819. The molecule has 1 amide bonds. The number of ketones is 1. The molecule has 1 rings (SSSR count). The van der Waals surface area contributed by atoms with Gasteiger partial charge < -0.3 is 14.8 Å². The first-order valence-corrected chi connectivity index (χ1v) is 7.36. The first-order chi connectivity index (χ1) is 10.7. The van der Waals surface area contributed by atoms with Gasteiger partial charge in [-0.15, -0.1) is 6.42 Å². The summed E-state index contributed by atoms with van der Waals surface area (Å²) in [5, 5.41) is 2.60. The zero-order valence-corrected chi connectivity index (χ0v) is 14.0. The Morgan fingerprint density at radius 3 is 2.35 bits per heavy atom. The van der Waals surface area contributed by atoms with Crippen LogP contribution in [0.5, 0.6) is 5.75 Å². The van der Waals surface area contributed by atoms with E-state index >= 15 is 0 Å². The number of alkyl carbamates (subject to hydrolysis) is 1. The molecular formula is C18H23NO4. The summed E-state index contributed by atoms with van der Waals surface area (Å²) in [6.07, 6.45) is 4.90. The van der Waals surface area contributed by atoms with Crippen LogP contribution in [-0.4, -0.2) is 30.1 Å². The van der Waals surface area contributed by atoms with E-state index < -0.39 is 17.7 Å². The van der Waals surface area contributed by atoms with Crippen LogP contribution in [-0.2, 0) is 16.0 Å². The number of carbonyl (C=O) groups excluding carboxylic acids is 2. The maximum Gasteiger partial charge on any atom is 0.408 e. The van der Waals surface area contributed by atoms with Gasteiger partial charge >= 0.3 is 6.09 Å². The summed E-state index contributed by atoms with van der Waals surface area (Å²) in [5.74, 6) is 2.91. The van der Waals surface area contributed by atoms with Crippen LogP contribution in [0.1, 0.15) is 33.3 Å². The summed E-state index contributed by atoms with van der Waals surface area (Å²) < 4.78 is 10.5. The molecule has 0 aliphatic carbocycles. The van der Waals surface area contributed by atoms with E-state index in [4.69, 9.17) is 15.9 Å². The van der Waals surface area contributed by atoms with Crippen LogP contribution in [0, 0.1) is 12.3 Å². The van der Waals surface area contributed by atoms with Crippen LogP contribution in [0.3, 0.4) is 0 Å². The summed E-state index contributed by atoms with van der Waals surface area (Å²) in [4.78, 5) is 23.6. The highest BCUT2D eigenvalue weighted by atomic mass is 16.6. The number of ether oxygens (including phenoxy) is 2. The molecule has 0 saturated heterocycles. The largest absolute Gasteiger partial charge is 0.481 e. The monoisotopic (exact) mass is 317 g/mol. The summed E-state index contributed by atoms with van der Waals surface area (Å²) >= 11 is 0. The van der Waals surface area contributed by atoms with Crippen LogP contribution in [0.15, 0.2) is 24.3 Å². The minimum Gasteiger partial charge on any atom is -0.481 e. The molecule has 23 heavy (non-hydrogen) atoms. The average Bonchev–Trinajstić information content (AvgIpc) is 2.43. The molecule has 1 N–H and O–H groups in total. The van der Waals surface area contributed by atoms with Gasteiger partial charge in [0.25, 0.3) is 0 Å². The minimum absolute atomic E-state index is 0.136. The van der Waals surface area contributed by atoms with Crippen molar-refractivity contribution in [2.24, 2.45) is 0 Å². The molecule has 1 atom stereocenters. The lowest BCUT2D eigenvalue weighted by atomic mass is 10.0. The van der Waals surface area contributed by atoms with Crippen molar-refractivity contribution in [3.8, 4) is 18.1 Å². The minimum atomic E-state index is -0.637. The van der Waals surface area contributed by atoms with Crippen molar-refractivity contribution in [1.82, 2.24) is 5.32 Å². The lowest BCUT2D eigenvalue weighted by Crippen LogP contribution is -2.43. The van der Waals surface area contributed by atoms with Crippen LogP contribution in [0.25, 0.3) is 0 Å². The average molecular weight is 317 g/mol. The van der Waals surface area contributed by atoms with Crippen LogP contribution in [0.4, 0.5) is 4.79 Å². The predicted octanol–water partition coefficient (Wildman–Crippen LogP) is 2.72. The number of terminal acetylenes is 1. The molecule has 0 aliphatic rings. The van der Waals surface area contributed by atoms with Gasteiger partial charge in [0.05, 0.1) is 6.04 Å². The first-order valence-electron chi connectivity index (χ1n) is 7.36. The molecule has 0 fully saturated rings. The Balaban J connectivity index is 2.67. The molecule has 0 spiro atoms. The van der Waals surface area contributed by atoms with Gasteiger partial charge in [0, 0.05) is 0 Å². The van der Waals surface area contributed by atoms with Crippen molar-refractivity contribution in [2.45, 2.75) is 45.8 Å². The molecule has 0 aliphatic heterocycles. The molecule has 5 nitrogen and oxygen atoms in total. The maximum absolute atomic E-state index is 11.8. The third-order valence-corrected chi connectivity index (χ3v) is 2.87. The Labute approximate surface area is 137 Å². The van der Waals surface area contributed by atoms with Gasteiger partial charge in [0.1, 0.15) is 18.0 Å². The van der Waals surface area contributed by atoms with E-state index in [0.29, 0.717) is 12.2 Å². The van der Waals surface area contributed by atoms with E-state index in [1.165, 1.54) is 6.92 Å². The Morgan fingerprint density at radius 1 is 1.26 bits per heavy atom. The normalized spacial score (nSPS) is 12.0. The van der Waals surface area contributed by atoms with Crippen molar-refractivity contribution >= 4 is 11.9 Å². The molecule has 0 aromatic heterocycles. The smallest absolute Gasteiger partial charge is 0.408 e. The summed E-state index contributed by atoms with van der Waals surface area (Å²) in [6, 6.07) is 6.58. The Hall–Kier alpha value is -2.48. The van der Waals surface area contributed by atoms with E-state index in [9.17, 15) is 9.59 Å². The number of benzene rings is 1. The highest BCUT2D eigenvalue weighted by Crippen LogP contribution is 2.14. The van der Waals surface area contributed by atoms with Crippen LogP contribution >= 0.6 is 0 Å². The molecule has 5 heteroatoms. The van der Waals surface area contributed by atoms with E-state index in [1.54, 1.807) is 32.9 Å². The van der Waals surface area contributed by atoms with Crippen molar-refractivity contribution < 1.29 is 19.1 Å². The summed E-state index contributed by atoms with van der Waals surface area (Å²) in [5.41, 5.74) is 0.288. The number of carbonyl (C=O) groups is 2. The highest BCUT2D eigenvalue weighted by molar-refractivity contribution is 5.85. The van der Waals surface area contributed by atoms with Crippen molar-refractivity contribution in [2.75, 3.05) is 6.61 Å². The molecule has 1 aromatic carbocycles. The topological polar surface area (TPSA) is 64.6 Å². The second kappa shape index (κ2) is 8.23. The van der Waals surface area contributed by atoms with Gasteiger partial charge in [-0.1, -0.05) is 18.1 Å². The van der Waals surface area contributed by atoms with Gasteiger partial charge in [0.2, 0.25) is 0 Å². The highest BCUT2D eigenvalue weighted by Gasteiger charge is 2.22. The molecule has 0 bridgehead atoms. The Morgan fingerprint density at radius 2 is 1.87 bits per heavy atom. The molecule has 0 heterocycles. The number of hydrogen-bond acceptors (Lipinski definition) is 4. The fourth-order valence-corrected chi connectivity index (χ4v) is 1.83. The van der Waals surface area contributed by atoms with Gasteiger partial charge in [-0.25, -0.2) is 4.79 Å². The number of nitrogens with one attached hydrogen (secondary N) is 1. The molecule has 1 aromatic rings. The van der Waals surface area contributed by atoms with E-state index in [0.717, 1.165) is 5.56 Å². The molecule has 124 valence electrons. The summed E-state index contributed by atoms with van der Waals surface area (Å²) in [7, 11) is 0. The Bertz CT molecular complexity index is 579. The van der Waals surface area contributed by atoms with E-state index in [-0.39, 0.29) is 12.4 Å². The van der Waals surface area contributed by atoms with E-state index in [2.05, 4.69) is 11.2 Å². The molecule has 0 saturated carbocycles. The predicted molar refractivity (Wildman–Crippen MR) is 88.3 cm³/mol. The van der Waals surface area contributed by atoms with Crippen molar-refractivity contribution in [1.29, 1.82) is 0 Å². The third kappa shape index (κ3) is 7.37. The number of Topliss-reactive ketones (excluding diaryl/α,β-unsaturated/α-hetero) is 1. The number of rotatable bonds is 6. The zero-order chi connectivity index (χ0) is 17.5. The first kappa shape index (κ1) is 18.6. The van der Waals surface area contributed by atoms with Crippen LogP contribution in [0.2, 0.25) is 0 Å². The number of hydrogen-bond donors (Lipinski definition) is 1. The van der Waals surface area contributed by atoms with Gasteiger partial charge in [-0.3, -0.25) is 4.79 Å². The molecule has 0 unspecified atom stereocenters. The summed E-state index contributed by atoms with van der Waals surface area (Å²) in [6.45, 7) is 6.95. The van der Waals surface area contributed by atoms with Crippen molar-refractivity contribution in [3.05, 3.63) is 29.8 Å².